The standard InChI is InChI=1S/C13H20N2O4S/c1-10-5-6-11(20(14,17)18)9-12(10)13(16)15(2)7-4-8-19-3/h5-6,9H,4,7-8H2,1-3H3,(H2,14,17,18). The average Bonchev–Trinajstić information content (AvgIpc) is 2.37. The Morgan fingerprint density at radius 1 is 1.40 bits per heavy atom. The zero-order valence-electron chi connectivity index (χ0n) is 11.9. The molecule has 112 valence electrons. The highest BCUT2D eigenvalue weighted by atomic mass is 32.2. The van der Waals surface area contributed by atoms with Gasteiger partial charge in [0, 0.05) is 32.9 Å². The van der Waals surface area contributed by atoms with Crippen molar-refractivity contribution in [2.75, 3.05) is 27.3 Å². The molecule has 0 bridgehead atoms. The number of sulfonamides is 1. The van der Waals surface area contributed by atoms with E-state index >= 15 is 0 Å². The van der Waals surface area contributed by atoms with E-state index in [1.807, 2.05) is 0 Å². The second kappa shape index (κ2) is 6.83. The van der Waals surface area contributed by atoms with Gasteiger partial charge in [0.1, 0.15) is 0 Å². The van der Waals surface area contributed by atoms with E-state index in [0.29, 0.717) is 30.7 Å². The zero-order chi connectivity index (χ0) is 15.3. The van der Waals surface area contributed by atoms with Crippen LogP contribution in [0, 0.1) is 6.92 Å². The molecular formula is C13H20N2O4S. The summed E-state index contributed by atoms with van der Waals surface area (Å²) < 4.78 is 27.6. The number of carbonyl (C=O) groups is 1. The molecule has 2 N–H and O–H groups in total. The Bertz CT molecular complexity index is 584. The number of nitrogens with zero attached hydrogens (tertiary/aromatic N) is 1. The van der Waals surface area contributed by atoms with E-state index in [1.165, 1.54) is 17.0 Å². The smallest absolute Gasteiger partial charge is 0.253 e. The van der Waals surface area contributed by atoms with Crippen LogP contribution in [0.25, 0.3) is 0 Å². The van der Waals surface area contributed by atoms with Crippen molar-refractivity contribution in [1.29, 1.82) is 0 Å². The van der Waals surface area contributed by atoms with Crippen LogP contribution in [0.1, 0.15) is 22.3 Å². The third-order valence-electron chi connectivity index (χ3n) is 2.96. The third kappa shape index (κ3) is 4.29. The van der Waals surface area contributed by atoms with E-state index < -0.39 is 10.0 Å². The summed E-state index contributed by atoms with van der Waals surface area (Å²) >= 11 is 0. The molecule has 7 heteroatoms. The molecule has 0 unspecified atom stereocenters. The Morgan fingerprint density at radius 3 is 2.60 bits per heavy atom. The molecule has 1 rings (SSSR count). The number of hydrogen-bond acceptors (Lipinski definition) is 4. The molecule has 1 amide bonds. The van der Waals surface area contributed by atoms with Gasteiger partial charge in [0.25, 0.3) is 5.91 Å². The fraction of sp³-hybridized carbons (Fsp3) is 0.462. The van der Waals surface area contributed by atoms with E-state index in [1.54, 1.807) is 27.1 Å². The quantitative estimate of drug-likeness (QED) is 0.785. The summed E-state index contributed by atoms with van der Waals surface area (Å²) in [6.45, 7) is 2.85. The molecule has 0 fully saturated rings. The number of rotatable bonds is 6. The molecule has 0 aliphatic heterocycles. The predicted molar refractivity (Wildman–Crippen MR) is 76.0 cm³/mol. The average molecular weight is 300 g/mol. The molecule has 0 heterocycles. The van der Waals surface area contributed by atoms with Crippen LogP contribution in [-0.2, 0) is 14.8 Å². The molecule has 0 aliphatic rings. The molecule has 0 aliphatic carbocycles. The van der Waals surface area contributed by atoms with Crippen molar-refractivity contribution in [3.05, 3.63) is 29.3 Å². The number of primary sulfonamides is 1. The number of aryl methyl sites for hydroxylation is 1. The second-order valence-electron chi connectivity index (χ2n) is 4.59. The maximum absolute atomic E-state index is 12.3. The van der Waals surface area contributed by atoms with Gasteiger partial charge in [-0.15, -0.1) is 0 Å². The second-order valence-corrected chi connectivity index (χ2v) is 6.16. The minimum atomic E-state index is -3.81. The first-order chi connectivity index (χ1) is 9.27. The molecule has 1 aromatic carbocycles. The molecule has 1 aromatic rings. The number of carbonyl (C=O) groups excluding carboxylic acids is 1. The van der Waals surface area contributed by atoms with Gasteiger partial charge in [0.05, 0.1) is 4.90 Å². The molecule has 20 heavy (non-hydrogen) atoms. The minimum absolute atomic E-state index is 0.0586. The van der Waals surface area contributed by atoms with Gasteiger partial charge >= 0.3 is 0 Å². The monoisotopic (exact) mass is 300 g/mol. The van der Waals surface area contributed by atoms with Crippen LogP contribution in [0.5, 0.6) is 0 Å². The van der Waals surface area contributed by atoms with Gasteiger partial charge in [-0.2, -0.15) is 0 Å². The molecule has 6 nitrogen and oxygen atoms in total. The summed E-state index contributed by atoms with van der Waals surface area (Å²) in [4.78, 5) is 13.8. The molecule has 0 saturated carbocycles. The van der Waals surface area contributed by atoms with Crippen LogP contribution in [0.2, 0.25) is 0 Å². The van der Waals surface area contributed by atoms with Gasteiger partial charge in [-0.25, -0.2) is 13.6 Å². The first-order valence-corrected chi connectivity index (χ1v) is 7.70. The highest BCUT2D eigenvalue weighted by Crippen LogP contribution is 2.16. The first-order valence-electron chi connectivity index (χ1n) is 6.15. The molecular weight excluding hydrogens is 280 g/mol. The lowest BCUT2D eigenvalue weighted by molar-refractivity contribution is 0.0778. The molecule has 0 radical (unpaired) electrons. The lowest BCUT2D eigenvalue weighted by Crippen LogP contribution is -2.29. The van der Waals surface area contributed by atoms with E-state index in [4.69, 9.17) is 9.88 Å². The summed E-state index contributed by atoms with van der Waals surface area (Å²) in [5, 5.41) is 5.08. The van der Waals surface area contributed by atoms with Crippen molar-refractivity contribution >= 4 is 15.9 Å². The molecule has 0 saturated heterocycles. The van der Waals surface area contributed by atoms with Crippen LogP contribution in [0.15, 0.2) is 23.1 Å². The number of hydrogen-bond donors (Lipinski definition) is 1. The van der Waals surface area contributed by atoms with Gasteiger partial charge in [0.15, 0.2) is 0 Å². The first kappa shape index (κ1) is 16.6. The van der Waals surface area contributed by atoms with Crippen molar-refractivity contribution in [3.63, 3.8) is 0 Å². The number of ether oxygens (including phenoxy) is 1. The van der Waals surface area contributed by atoms with Crippen molar-refractivity contribution < 1.29 is 17.9 Å². The highest BCUT2D eigenvalue weighted by Gasteiger charge is 2.17. The van der Waals surface area contributed by atoms with Crippen LogP contribution in [0.4, 0.5) is 0 Å². The Kier molecular flexibility index (Phi) is 5.67. The number of benzene rings is 1. The normalized spacial score (nSPS) is 11.4. The highest BCUT2D eigenvalue weighted by molar-refractivity contribution is 7.89. The number of methoxy groups -OCH3 is 1. The van der Waals surface area contributed by atoms with Gasteiger partial charge in [-0.1, -0.05) is 6.07 Å². The van der Waals surface area contributed by atoms with Crippen LogP contribution in [0.3, 0.4) is 0 Å². The predicted octanol–water partition coefficient (Wildman–Crippen LogP) is 0.751. The van der Waals surface area contributed by atoms with Crippen molar-refractivity contribution in [1.82, 2.24) is 4.90 Å². The Hall–Kier alpha value is -1.44. The zero-order valence-corrected chi connectivity index (χ0v) is 12.7. The minimum Gasteiger partial charge on any atom is -0.385 e. The van der Waals surface area contributed by atoms with Gasteiger partial charge in [-0.05, 0) is 31.0 Å². The van der Waals surface area contributed by atoms with Crippen LogP contribution >= 0.6 is 0 Å². The Morgan fingerprint density at radius 2 is 2.05 bits per heavy atom. The largest absolute Gasteiger partial charge is 0.385 e. The summed E-state index contributed by atoms with van der Waals surface area (Å²) in [7, 11) is -0.546. The molecule has 0 spiro atoms. The summed E-state index contributed by atoms with van der Waals surface area (Å²) in [5.41, 5.74) is 1.05. The molecule has 0 atom stereocenters. The fourth-order valence-corrected chi connectivity index (χ4v) is 2.30. The van der Waals surface area contributed by atoms with Crippen LogP contribution in [-0.4, -0.2) is 46.5 Å². The maximum Gasteiger partial charge on any atom is 0.253 e. The van der Waals surface area contributed by atoms with Gasteiger partial charge < -0.3 is 9.64 Å². The maximum atomic E-state index is 12.3. The lowest BCUT2D eigenvalue weighted by Gasteiger charge is -2.18. The lowest BCUT2D eigenvalue weighted by atomic mass is 10.1. The summed E-state index contributed by atoms with van der Waals surface area (Å²) in [6.07, 6.45) is 0.715. The van der Waals surface area contributed by atoms with Crippen molar-refractivity contribution in [3.8, 4) is 0 Å². The van der Waals surface area contributed by atoms with E-state index in [2.05, 4.69) is 0 Å². The van der Waals surface area contributed by atoms with Crippen LogP contribution < -0.4 is 5.14 Å². The van der Waals surface area contributed by atoms with E-state index in [-0.39, 0.29) is 10.8 Å². The SMILES string of the molecule is COCCCN(C)C(=O)c1cc(S(N)(=O)=O)ccc1C. The van der Waals surface area contributed by atoms with Gasteiger partial charge in [-0.3, -0.25) is 4.79 Å². The number of nitrogens with two attached hydrogens (primary N) is 1. The van der Waals surface area contributed by atoms with Crippen molar-refractivity contribution in [2.45, 2.75) is 18.2 Å². The Labute approximate surface area is 119 Å². The van der Waals surface area contributed by atoms with E-state index in [9.17, 15) is 13.2 Å². The topological polar surface area (TPSA) is 89.7 Å². The van der Waals surface area contributed by atoms with Gasteiger partial charge in [0.2, 0.25) is 10.0 Å². The summed E-state index contributed by atoms with van der Waals surface area (Å²) in [5.74, 6) is -0.232. The Balaban J connectivity index is 2.97. The molecule has 0 aromatic heterocycles. The van der Waals surface area contributed by atoms with E-state index in [0.717, 1.165) is 0 Å². The number of amides is 1. The fourth-order valence-electron chi connectivity index (χ4n) is 1.76. The summed E-state index contributed by atoms with van der Waals surface area (Å²) in [6, 6.07) is 4.29. The van der Waals surface area contributed by atoms with Crippen molar-refractivity contribution in [2.24, 2.45) is 5.14 Å². The third-order valence-corrected chi connectivity index (χ3v) is 3.87.